The zero-order valence-corrected chi connectivity index (χ0v) is 16.0. The highest BCUT2D eigenvalue weighted by atomic mass is 16.5. The Labute approximate surface area is 157 Å². The van der Waals surface area contributed by atoms with Crippen molar-refractivity contribution in [1.29, 1.82) is 0 Å². The average Bonchev–Trinajstić information content (AvgIpc) is 2.66. The van der Waals surface area contributed by atoms with E-state index in [1.165, 1.54) is 12.4 Å². The molecule has 0 saturated heterocycles. The van der Waals surface area contributed by atoms with Gasteiger partial charge in [-0.3, -0.25) is 0 Å². The topological polar surface area (TPSA) is 123 Å². The van der Waals surface area contributed by atoms with Crippen LogP contribution >= 0.6 is 0 Å². The third kappa shape index (κ3) is 6.61. The third-order valence-corrected chi connectivity index (χ3v) is 4.33. The summed E-state index contributed by atoms with van der Waals surface area (Å²) in [4.78, 5) is 0. The summed E-state index contributed by atoms with van der Waals surface area (Å²) in [5.41, 5.74) is 26.6. The van der Waals surface area contributed by atoms with E-state index in [0.717, 1.165) is 36.0 Å². The van der Waals surface area contributed by atoms with Gasteiger partial charge in [0.15, 0.2) is 0 Å². The van der Waals surface area contributed by atoms with Gasteiger partial charge in [0.2, 0.25) is 0 Å². The van der Waals surface area contributed by atoms with Crippen LogP contribution in [-0.4, -0.2) is 26.4 Å². The molecule has 1 aromatic carbocycles. The van der Waals surface area contributed by atoms with E-state index in [1.54, 1.807) is 6.08 Å². The van der Waals surface area contributed by atoms with Crippen molar-refractivity contribution in [2.45, 2.75) is 39.0 Å². The molecule has 1 rings (SSSR count). The van der Waals surface area contributed by atoms with Crippen molar-refractivity contribution in [3.63, 3.8) is 0 Å². The van der Waals surface area contributed by atoms with Crippen LogP contribution in [0.3, 0.4) is 0 Å². The summed E-state index contributed by atoms with van der Waals surface area (Å²) in [5, 5.41) is 0. The molecule has 0 aliphatic rings. The molecule has 0 saturated carbocycles. The van der Waals surface area contributed by atoms with Gasteiger partial charge in [0.25, 0.3) is 0 Å². The van der Waals surface area contributed by atoms with Gasteiger partial charge in [-0.1, -0.05) is 13.8 Å². The second-order valence-corrected chi connectivity index (χ2v) is 6.22. The van der Waals surface area contributed by atoms with Crippen LogP contribution in [-0.2, 0) is 4.74 Å². The Hall–Kier alpha value is -2.18. The Balaban J connectivity index is 2.91. The lowest BCUT2D eigenvalue weighted by molar-refractivity contribution is 0.0979. The van der Waals surface area contributed by atoms with Crippen LogP contribution in [0.2, 0.25) is 0 Å². The summed E-state index contributed by atoms with van der Waals surface area (Å²) in [5.74, 6) is 0.957. The van der Waals surface area contributed by atoms with Crippen LogP contribution in [0, 0.1) is 0 Å². The molecule has 0 aliphatic carbocycles. The fourth-order valence-corrected chi connectivity index (χ4v) is 2.57. The molecule has 0 aliphatic heterocycles. The van der Waals surface area contributed by atoms with Gasteiger partial charge in [0.05, 0.1) is 12.3 Å². The molecule has 8 N–H and O–H groups in total. The molecular weight excluding hydrogens is 328 g/mol. The molecule has 1 atom stereocenters. The highest BCUT2D eigenvalue weighted by Crippen LogP contribution is 2.36. The Bertz CT molecular complexity index is 600. The molecule has 0 amide bonds. The molecule has 146 valence electrons. The second kappa shape index (κ2) is 12.2. The normalized spacial score (nSPS) is 13.3. The zero-order chi connectivity index (χ0) is 19.4. The number of hydrogen-bond acceptors (Lipinski definition) is 6. The lowest BCUT2D eigenvalue weighted by Crippen LogP contribution is -2.11. The Kier molecular flexibility index (Phi) is 10.3. The van der Waals surface area contributed by atoms with Crippen LogP contribution in [0.1, 0.15) is 50.2 Å². The van der Waals surface area contributed by atoms with Crippen molar-refractivity contribution in [3.8, 4) is 5.75 Å². The quantitative estimate of drug-likeness (QED) is 0.257. The fraction of sp³-hybridized carbons (Fsp3) is 0.500. The first-order chi connectivity index (χ1) is 12.6. The number of nitrogen functional groups attached to an aromatic ring is 1. The Morgan fingerprint density at radius 2 is 1.92 bits per heavy atom. The number of unbranched alkanes of at least 4 members (excludes halogenated alkanes) is 1. The van der Waals surface area contributed by atoms with Gasteiger partial charge in [-0.15, -0.1) is 0 Å². The molecule has 0 heterocycles. The largest absolute Gasteiger partial charge is 0.489 e. The molecule has 26 heavy (non-hydrogen) atoms. The maximum absolute atomic E-state index is 6.35. The van der Waals surface area contributed by atoms with Gasteiger partial charge in [0.1, 0.15) is 12.4 Å². The molecule has 0 spiro atoms. The number of hydrogen-bond donors (Lipinski definition) is 4. The molecule has 0 fully saturated rings. The van der Waals surface area contributed by atoms with Crippen LogP contribution in [0.4, 0.5) is 5.69 Å². The highest BCUT2D eigenvalue weighted by Gasteiger charge is 2.15. The van der Waals surface area contributed by atoms with Gasteiger partial charge in [-0.05, 0) is 72.8 Å². The summed E-state index contributed by atoms with van der Waals surface area (Å²) in [6, 6.07) is 3.95. The molecular formula is C20H34N4O2. The average molecular weight is 363 g/mol. The standard InChI is InChI=1S/C20H34N4O2/c1-3-15(2)18-12-17(16(14-23)6-8-22)13-19(20(18)24)26-11-10-25-9-5-4-7-21/h6,8,12-15H,3-5,7,9-11,21-24H2,1-2H3/b8-6-,16-14?. The summed E-state index contributed by atoms with van der Waals surface area (Å²) >= 11 is 0. The van der Waals surface area contributed by atoms with Crippen molar-refractivity contribution in [1.82, 2.24) is 0 Å². The lowest BCUT2D eigenvalue weighted by Gasteiger charge is -2.19. The van der Waals surface area contributed by atoms with E-state index < -0.39 is 0 Å². The van der Waals surface area contributed by atoms with Crippen LogP contribution in [0.25, 0.3) is 5.57 Å². The van der Waals surface area contributed by atoms with E-state index in [9.17, 15) is 0 Å². The Morgan fingerprint density at radius 1 is 1.15 bits per heavy atom. The van der Waals surface area contributed by atoms with Crippen molar-refractivity contribution in [2.24, 2.45) is 17.2 Å². The first-order valence-electron chi connectivity index (χ1n) is 9.23. The van der Waals surface area contributed by atoms with E-state index in [-0.39, 0.29) is 0 Å². The number of allylic oxidation sites excluding steroid dienone is 2. The van der Waals surface area contributed by atoms with Crippen molar-refractivity contribution < 1.29 is 9.47 Å². The molecule has 1 unspecified atom stereocenters. The van der Waals surface area contributed by atoms with E-state index in [1.807, 2.05) is 6.07 Å². The maximum atomic E-state index is 6.35. The third-order valence-electron chi connectivity index (χ3n) is 4.33. The zero-order valence-electron chi connectivity index (χ0n) is 16.0. The van der Waals surface area contributed by atoms with Gasteiger partial charge >= 0.3 is 0 Å². The summed E-state index contributed by atoms with van der Waals surface area (Å²) in [7, 11) is 0. The van der Waals surface area contributed by atoms with Crippen LogP contribution in [0.5, 0.6) is 5.75 Å². The van der Waals surface area contributed by atoms with E-state index >= 15 is 0 Å². The summed E-state index contributed by atoms with van der Waals surface area (Å²) in [6.07, 6.45) is 7.66. The molecule has 6 heteroatoms. The molecule has 0 bridgehead atoms. The van der Waals surface area contributed by atoms with Gasteiger partial charge in [-0.25, -0.2) is 0 Å². The van der Waals surface area contributed by atoms with E-state index in [0.29, 0.717) is 43.7 Å². The smallest absolute Gasteiger partial charge is 0.143 e. The molecule has 0 radical (unpaired) electrons. The highest BCUT2D eigenvalue weighted by molar-refractivity contribution is 5.78. The van der Waals surface area contributed by atoms with Crippen molar-refractivity contribution in [2.75, 3.05) is 32.1 Å². The van der Waals surface area contributed by atoms with Gasteiger partial charge < -0.3 is 32.4 Å². The summed E-state index contributed by atoms with van der Waals surface area (Å²) < 4.78 is 11.4. The maximum Gasteiger partial charge on any atom is 0.143 e. The van der Waals surface area contributed by atoms with Gasteiger partial charge in [-0.2, -0.15) is 0 Å². The second-order valence-electron chi connectivity index (χ2n) is 6.22. The Morgan fingerprint density at radius 3 is 2.54 bits per heavy atom. The molecule has 1 aromatic rings. The predicted octanol–water partition coefficient (Wildman–Crippen LogP) is 2.69. The number of rotatable bonds is 12. The molecule has 0 aromatic heterocycles. The SMILES string of the molecule is CCC(C)c1cc(C(=CN)/C=C\N)cc(OCCOCCCCN)c1N. The first-order valence-corrected chi connectivity index (χ1v) is 9.23. The summed E-state index contributed by atoms with van der Waals surface area (Å²) in [6.45, 7) is 6.60. The van der Waals surface area contributed by atoms with Crippen molar-refractivity contribution in [3.05, 3.63) is 41.7 Å². The first kappa shape index (κ1) is 21.9. The monoisotopic (exact) mass is 362 g/mol. The predicted molar refractivity (Wildman–Crippen MR) is 110 cm³/mol. The lowest BCUT2D eigenvalue weighted by atomic mass is 9.92. The fourth-order valence-electron chi connectivity index (χ4n) is 2.57. The minimum atomic E-state index is 0.311. The van der Waals surface area contributed by atoms with Crippen LogP contribution < -0.4 is 27.7 Å². The number of anilines is 1. The number of benzene rings is 1. The molecule has 6 nitrogen and oxygen atoms in total. The minimum absolute atomic E-state index is 0.311. The van der Waals surface area contributed by atoms with Crippen molar-refractivity contribution >= 4 is 11.3 Å². The van der Waals surface area contributed by atoms with Crippen LogP contribution in [0.15, 0.2) is 30.6 Å². The number of ether oxygens (including phenoxy) is 2. The van der Waals surface area contributed by atoms with E-state index in [2.05, 4.69) is 19.9 Å². The van der Waals surface area contributed by atoms with Gasteiger partial charge in [0, 0.05) is 12.8 Å². The number of nitrogens with two attached hydrogens (primary N) is 4. The van der Waals surface area contributed by atoms with E-state index in [4.69, 9.17) is 32.4 Å². The minimum Gasteiger partial charge on any atom is -0.489 e.